The van der Waals surface area contributed by atoms with Crippen molar-refractivity contribution in [3.8, 4) is 11.5 Å². The third kappa shape index (κ3) is 3.60. The molecule has 1 aliphatic rings. The van der Waals surface area contributed by atoms with Crippen LogP contribution in [0.25, 0.3) is 0 Å². The summed E-state index contributed by atoms with van der Waals surface area (Å²) in [7, 11) is 0. The van der Waals surface area contributed by atoms with Crippen LogP contribution in [0.2, 0.25) is 0 Å². The van der Waals surface area contributed by atoms with E-state index in [1.807, 2.05) is 32.0 Å². The highest BCUT2D eigenvalue weighted by molar-refractivity contribution is 5.95. The van der Waals surface area contributed by atoms with Crippen LogP contribution in [0.4, 0.5) is 0 Å². The van der Waals surface area contributed by atoms with Crippen LogP contribution in [0.1, 0.15) is 40.3 Å². The summed E-state index contributed by atoms with van der Waals surface area (Å²) in [5.41, 5.74) is 0.562. The minimum absolute atomic E-state index is 0.0321. The van der Waals surface area contributed by atoms with E-state index in [1.54, 1.807) is 0 Å². The van der Waals surface area contributed by atoms with Gasteiger partial charge in [-0.1, -0.05) is 19.9 Å². The van der Waals surface area contributed by atoms with Gasteiger partial charge in [-0.05, 0) is 17.7 Å². The first-order valence-electron chi connectivity index (χ1n) is 7.87. The molecule has 0 atom stereocenters. The van der Waals surface area contributed by atoms with Crippen molar-refractivity contribution < 1.29 is 28.6 Å². The molecule has 2 heterocycles. The number of benzene rings is 1. The Labute approximate surface area is 144 Å². The molecule has 2 N–H and O–H groups in total. The van der Waals surface area contributed by atoms with E-state index in [4.69, 9.17) is 19.0 Å². The van der Waals surface area contributed by atoms with Gasteiger partial charge in [0.2, 0.25) is 0 Å². The van der Waals surface area contributed by atoms with Crippen molar-refractivity contribution in [1.29, 1.82) is 0 Å². The standard InChI is InChI=1S/C18H19NO6/c1-18(2,12-3-4-13-14(8-12)24-6-5-23-13)10-19-16(20)15-7-11(9-25-15)17(21)22/h3-4,7-9H,5-6,10H2,1-2H3,(H,19,20)(H,21,22). The van der Waals surface area contributed by atoms with E-state index in [2.05, 4.69) is 5.32 Å². The lowest BCUT2D eigenvalue weighted by molar-refractivity contribution is 0.0696. The van der Waals surface area contributed by atoms with Crippen LogP contribution in [0.3, 0.4) is 0 Å². The van der Waals surface area contributed by atoms with Gasteiger partial charge < -0.3 is 24.3 Å². The molecule has 0 saturated heterocycles. The van der Waals surface area contributed by atoms with Gasteiger partial charge in [0.1, 0.15) is 19.5 Å². The third-order valence-electron chi connectivity index (χ3n) is 4.08. The van der Waals surface area contributed by atoms with Crippen molar-refractivity contribution in [1.82, 2.24) is 5.32 Å². The zero-order chi connectivity index (χ0) is 18.0. The Morgan fingerprint density at radius 2 is 1.88 bits per heavy atom. The predicted molar refractivity (Wildman–Crippen MR) is 88.5 cm³/mol. The van der Waals surface area contributed by atoms with E-state index in [0.717, 1.165) is 11.8 Å². The van der Waals surface area contributed by atoms with Crippen molar-refractivity contribution in [3.05, 3.63) is 47.4 Å². The molecule has 1 aromatic carbocycles. The van der Waals surface area contributed by atoms with Gasteiger partial charge in [-0.15, -0.1) is 0 Å². The van der Waals surface area contributed by atoms with Gasteiger partial charge >= 0.3 is 5.97 Å². The zero-order valence-electron chi connectivity index (χ0n) is 14.0. The second-order valence-electron chi connectivity index (χ2n) is 6.43. The number of carboxylic acids is 1. The molecule has 3 rings (SSSR count). The number of amides is 1. The Morgan fingerprint density at radius 3 is 2.56 bits per heavy atom. The normalized spacial score (nSPS) is 13.4. The highest BCUT2D eigenvalue weighted by atomic mass is 16.6. The van der Waals surface area contributed by atoms with Gasteiger partial charge in [-0.3, -0.25) is 4.79 Å². The molecule has 1 aromatic heterocycles. The van der Waals surface area contributed by atoms with Gasteiger partial charge in [-0.2, -0.15) is 0 Å². The average molecular weight is 345 g/mol. The molecule has 2 aromatic rings. The molecular formula is C18H19NO6. The summed E-state index contributed by atoms with van der Waals surface area (Å²) in [5, 5.41) is 11.6. The van der Waals surface area contributed by atoms with E-state index in [-0.39, 0.29) is 16.7 Å². The van der Waals surface area contributed by atoms with Crippen LogP contribution in [0, 0.1) is 0 Å². The lowest BCUT2D eigenvalue weighted by Gasteiger charge is -2.27. The SMILES string of the molecule is CC(C)(CNC(=O)c1cc(C(=O)O)co1)c1ccc2c(c1)OCCO2. The number of furan rings is 1. The number of hydrogen-bond acceptors (Lipinski definition) is 5. The Bertz CT molecular complexity index is 808. The van der Waals surface area contributed by atoms with Crippen LogP contribution in [0.15, 0.2) is 34.9 Å². The molecule has 1 amide bonds. The minimum Gasteiger partial charge on any atom is -0.486 e. The molecule has 25 heavy (non-hydrogen) atoms. The monoisotopic (exact) mass is 345 g/mol. The number of aromatic carboxylic acids is 1. The first kappa shape index (κ1) is 16.9. The zero-order valence-corrected chi connectivity index (χ0v) is 14.0. The Kier molecular flexibility index (Phi) is 4.39. The predicted octanol–water partition coefficient (Wildman–Crippen LogP) is 2.46. The van der Waals surface area contributed by atoms with Gasteiger partial charge in [0.25, 0.3) is 5.91 Å². The molecule has 0 fully saturated rings. The van der Waals surface area contributed by atoms with Crippen molar-refractivity contribution in [3.63, 3.8) is 0 Å². The quantitative estimate of drug-likeness (QED) is 0.864. The number of fused-ring (bicyclic) bond motifs is 1. The maximum Gasteiger partial charge on any atom is 0.338 e. The number of carbonyl (C=O) groups excluding carboxylic acids is 1. The molecular weight excluding hydrogens is 326 g/mol. The largest absolute Gasteiger partial charge is 0.486 e. The highest BCUT2D eigenvalue weighted by Crippen LogP contribution is 2.34. The molecule has 0 spiro atoms. The Hall–Kier alpha value is -2.96. The number of rotatable bonds is 5. The second kappa shape index (κ2) is 6.51. The summed E-state index contributed by atoms with van der Waals surface area (Å²) in [6.45, 7) is 5.37. The highest BCUT2D eigenvalue weighted by Gasteiger charge is 2.25. The fourth-order valence-electron chi connectivity index (χ4n) is 2.52. The topological polar surface area (TPSA) is 98.0 Å². The number of carboxylic acid groups (broad SMARTS) is 1. The molecule has 7 nitrogen and oxygen atoms in total. The third-order valence-corrected chi connectivity index (χ3v) is 4.08. The van der Waals surface area contributed by atoms with Crippen LogP contribution < -0.4 is 14.8 Å². The molecule has 0 aliphatic carbocycles. The van der Waals surface area contributed by atoms with Crippen molar-refractivity contribution >= 4 is 11.9 Å². The maximum absolute atomic E-state index is 12.1. The Balaban J connectivity index is 1.68. The van der Waals surface area contributed by atoms with Gasteiger partial charge in [0.05, 0.1) is 5.56 Å². The van der Waals surface area contributed by atoms with Crippen molar-refractivity contribution in [2.24, 2.45) is 0 Å². The first-order chi connectivity index (χ1) is 11.9. The van der Waals surface area contributed by atoms with E-state index in [9.17, 15) is 9.59 Å². The Morgan fingerprint density at radius 1 is 1.16 bits per heavy atom. The van der Waals surface area contributed by atoms with Crippen LogP contribution >= 0.6 is 0 Å². The van der Waals surface area contributed by atoms with Crippen LogP contribution in [-0.4, -0.2) is 36.7 Å². The van der Waals surface area contributed by atoms with Crippen LogP contribution in [0.5, 0.6) is 11.5 Å². The minimum atomic E-state index is -1.14. The maximum atomic E-state index is 12.1. The van der Waals surface area contributed by atoms with Crippen molar-refractivity contribution in [2.45, 2.75) is 19.3 Å². The molecule has 0 radical (unpaired) electrons. The number of ether oxygens (including phenoxy) is 2. The lowest BCUT2D eigenvalue weighted by Crippen LogP contribution is -2.36. The average Bonchev–Trinajstić information content (AvgIpc) is 3.10. The molecule has 0 bridgehead atoms. The summed E-state index contributed by atoms with van der Waals surface area (Å²) >= 11 is 0. The van der Waals surface area contributed by atoms with Gasteiger partial charge in [0.15, 0.2) is 17.3 Å². The summed E-state index contributed by atoms with van der Waals surface area (Å²) < 4.78 is 16.1. The van der Waals surface area contributed by atoms with E-state index >= 15 is 0 Å². The number of nitrogens with one attached hydrogen (secondary N) is 1. The summed E-state index contributed by atoms with van der Waals surface area (Å²) in [6.07, 6.45) is 1.04. The smallest absolute Gasteiger partial charge is 0.338 e. The summed E-state index contributed by atoms with van der Waals surface area (Å²) in [4.78, 5) is 23.0. The van der Waals surface area contributed by atoms with Crippen LogP contribution in [-0.2, 0) is 5.41 Å². The van der Waals surface area contributed by atoms with E-state index in [1.165, 1.54) is 6.07 Å². The summed E-state index contributed by atoms with van der Waals surface area (Å²) in [6, 6.07) is 6.92. The lowest BCUT2D eigenvalue weighted by atomic mass is 9.84. The van der Waals surface area contributed by atoms with Gasteiger partial charge in [0, 0.05) is 18.0 Å². The molecule has 1 aliphatic heterocycles. The molecule has 0 unspecified atom stereocenters. The molecule has 7 heteroatoms. The number of carbonyl (C=O) groups is 2. The van der Waals surface area contributed by atoms with E-state index in [0.29, 0.717) is 31.3 Å². The molecule has 0 saturated carbocycles. The first-order valence-corrected chi connectivity index (χ1v) is 7.87. The summed E-state index contributed by atoms with van der Waals surface area (Å²) in [5.74, 6) is -0.222. The van der Waals surface area contributed by atoms with E-state index < -0.39 is 11.9 Å². The fraction of sp³-hybridized carbons (Fsp3) is 0.333. The fourth-order valence-corrected chi connectivity index (χ4v) is 2.52. The number of hydrogen-bond donors (Lipinski definition) is 2. The second-order valence-corrected chi connectivity index (χ2v) is 6.43. The van der Waals surface area contributed by atoms with Gasteiger partial charge in [-0.25, -0.2) is 4.79 Å². The van der Waals surface area contributed by atoms with Crippen molar-refractivity contribution in [2.75, 3.05) is 19.8 Å². The molecule has 132 valence electrons.